The van der Waals surface area contributed by atoms with Crippen molar-refractivity contribution in [3.63, 3.8) is 0 Å². The van der Waals surface area contributed by atoms with E-state index in [1.165, 1.54) is 6.07 Å². The zero-order valence-corrected chi connectivity index (χ0v) is 16.5. The first kappa shape index (κ1) is 19.5. The van der Waals surface area contributed by atoms with Gasteiger partial charge >= 0.3 is 5.97 Å². The molecule has 10 heteroatoms. The van der Waals surface area contributed by atoms with Gasteiger partial charge in [-0.15, -0.1) is 11.3 Å². The van der Waals surface area contributed by atoms with Gasteiger partial charge in [-0.05, 0) is 32.3 Å². The number of sulfonamides is 1. The summed E-state index contributed by atoms with van der Waals surface area (Å²) in [5.41, 5.74) is -1.69. The molecule has 0 radical (unpaired) electrons. The average Bonchev–Trinajstić information content (AvgIpc) is 3.02. The van der Waals surface area contributed by atoms with E-state index in [2.05, 4.69) is 14.9 Å². The summed E-state index contributed by atoms with van der Waals surface area (Å²) in [5, 5.41) is 12.9. The van der Waals surface area contributed by atoms with Crippen molar-refractivity contribution in [3.05, 3.63) is 27.5 Å². The molecule has 2 heterocycles. The van der Waals surface area contributed by atoms with Gasteiger partial charge in [-0.3, -0.25) is 0 Å². The van der Waals surface area contributed by atoms with Crippen LogP contribution in [0.2, 0.25) is 0 Å². The molecule has 2 rings (SSSR count). The highest BCUT2D eigenvalue weighted by Crippen LogP contribution is 2.37. The Morgan fingerprint density at radius 3 is 2.32 bits per heavy atom. The normalized spacial score (nSPS) is 13.2. The molecule has 0 bridgehead atoms. The lowest BCUT2D eigenvalue weighted by Gasteiger charge is -2.24. The first-order chi connectivity index (χ1) is 11.2. The highest BCUT2D eigenvalue weighted by Gasteiger charge is 2.37. The topological polar surface area (TPSA) is 122 Å². The Hall–Kier alpha value is -1.78. The van der Waals surface area contributed by atoms with Gasteiger partial charge in [0.15, 0.2) is 5.82 Å². The third-order valence-corrected chi connectivity index (χ3v) is 6.69. The van der Waals surface area contributed by atoms with Crippen molar-refractivity contribution >= 4 is 27.3 Å². The van der Waals surface area contributed by atoms with Crippen molar-refractivity contribution in [2.45, 2.75) is 57.4 Å². The lowest BCUT2D eigenvalue weighted by molar-refractivity contribution is 0.0702. The minimum Gasteiger partial charge on any atom is -0.477 e. The first-order valence-electron chi connectivity index (χ1n) is 7.46. The SMILES string of the molecule is Cc1noc(C(C)(C)NS(=O)(=O)c2cc(C(=O)O)sc2C(C)(C)C)n1. The summed E-state index contributed by atoms with van der Waals surface area (Å²) in [6, 6.07) is 1.19. The Kier molecular flexibility index (Phi) is 4.84. The summed E-state index contributed by atoms with van der Waals surface area (Å²) < 4.78 is 33.5. The highest BCUT2D eigenvalue weighted by molar-refractivity contribution is 7.89. The second kappa shape index (κ2) is 6.19. The molecule has 8 nitrogen and oxygen atoms in total. The van der Waals surface area contributed by atoms with Crippen molar-refractivity contribution in [1.82, 2.24) is 14.9 Å². The Balaban J connectivity index is 2.51. The number of aromatic nitrogens is 2. The number of carbonyl (C=O) groups is 1. The summed E-state index contributed by atoms with van der Waals surface area (Å²) in [6.45, 7) is 10.3. The summed E-state index contributed by atoms with van der Waals surface area (Å²) in [7, 11) is -4.01. The predicted octanol–water partition coefficient (Wildman–Crippen LogP) is 2.65. The molecule has 2 aromatic heterocycles. The van der Waals surface area contributed by atoms with E-state index in [1.807, 2.05) is 20.8 Å². The van der Waals surface area contributed by atoms with E-state index in [4.69, 9.17) is 4.52 Å². The molecule has 0 atom stereocenters. The molecule has 2 N–H and O–H groups in total. The minimum absolute atomic E-state index is 0.0308. The molecule has 0 fully saturated rings. The van der Waals surface area contributed by atoms with Gasteiger partial charge in [0.2, 0.25) is 15.9 Å². The van der Waals surface area contributed by atoms with Gasteiger partial charge < -0.3 is 9.63 Å². The Labute approximate surface area is 150 Å². The number of nitrogens with one attached hydrogen (secondary N) is 1. The smallest absolute Gasteiger partial charge is 0.345 e. The lowest BCUT2D eigenvalue weighted by atomic mass is 9.95. The fourth-order valence-electron chi connectivity index (χ4n) is 2.19. The number of hydrogen-bond donors (Lipinski definition) is 2. The fraction of sp³-hybridized carbons (Fsp3) is 0.533. The lowest BCUT2D eigenvalue weighted by Crippen LogP contribution is -2.41. The quantitative estimate of drug-likeness (QED) is 0.808. The van der Waals surface area contributed by atoms with Crippen LogP contribution in [-0.4, -0.2) is 29.6 Å². The summed E-state index contributed by atoms with van der Waals surface area (Å²) >= 11 is 0.957. The fourth-order valence-corrected chi connectivity index (χ4v) is 5.36. The summed E-state index contributed by atoms with van der Waals surface area (Å²) in [6.07, 6.45) is 0. The van der Waals surface area contributed by atoms with E-state index in [0.717, 1.165) is 11.3 Å². The highest BCUT2D eigenvalue weighted by atomic mass is 32.2. The van der Waals surface area contributed by atoms with Crippen molar-refractivity contribution in [3.8, 4) is 0 Å². The van der Waals surface area contributed by atoms with Gasteiger partial charge in [-0.1, -0.05) is 25.9 Å². The van der Waals surface area contributed by atoms with Crippen molar-refractivity contribution in [2.75, 3.05) is 0 Å². The number of nitrogens with zero attached hydrogens (tertiary/aromatic N) is 2. The van der Waals surface area contributed by atoms with E-state index < -0.39 is 26.9 Å². The maximum absolute atomic E-state index is 12.9. The van der Waals surface area contributed by atoms with Gasteiger partial charge in [0, 0.05) is 4.88 Å². The zero-order chi connectivity index (χ0) is 19.2. The summed E-state index contributed by atoms with van der Waals surface area (Å²) in [4.78, 5) is 15.7. The zero-order valence-electron chi connectivity index (χ0n) is 14.9. The van der Waals surface area contributed by atoms with Gasteiger partial charge in [0.1, 0.15) is 10.4 Å². The van der Waals surface area contributed by atoms with Crippen LogP contribution in [0.5, 0.6) is 0 Å². The molecule has 0 unspecified atom stereocenters. The van der Waals surface area contributed by atoms with E-state index >= 15 is 0 Å². The second-order valence-corrected chi connectivity index (χ2v) is 9.94. The molecule has 0 aliphatic rings. The monoisotopic (exact) mass is 387 g/mol. The number of aromatic carboxylic acids is 1. The summed E-state index contributed by atoms with van der Waals surface area (Å²) in [5.74, 6) is -0.648. The molecule has 0 aromatic carbocycles. The molecule has 25 heavy (non-hydrogen) atoms. The van der Waals surface area contributed by atoms with Crippen LogP contribution in [0.4, 0.5) is 0 Å². The molecule has 0 spiro atoms. The standard InChI is InChI=1S/C15H21N3O5S2/c1-8-16-13(23-17-8)15(5,6)18-25(21,22)10-7-9(12(19)20)24-11(10)14(2,3)4/h7,18H,1-6H3,(H,19,20). The number of rotatable bonds is 5. The number of carboxylic acids is 1. The number of aryl methyl sites for hydroxylation is 1. The van der Waals surface area contributed by atoms with Crippen molar-refractivity contribution in [1.29, 1.82) is 0 Å². The molecule has 138 valence electrons. The molecule has 2 aromatic rings. The third kappa shape index (κ3) is 4.07. The number of thiophene rings is 1. The maximum atomic E-state index is 12.9. The van der Waals surface area contributed by atoms with Gasteiger partial charge in [-0.25, -0.2) is 13.2 Å². The predicted molar refractivity (Wildman–Crippen MR) is 92.4 cm³/mol. The largest absolute Gasteiger partial charge is 0.477 e. The van der Waals surface area contributed by atoms with Crippen LogP contribution < -0.4 is 4.72 Å². The van der Waals surface area contributed by atoms with Crippen LogP contribution in [0.1, 0.15) is 60.9 Å². The Morgan fingerprint density at radius 1 is 1.28 bits per heavy atom. The van der Waals surface area contributed by atoms with E-state index in [-0.39, 0.29) is 15.7 Å². The molecule has 0 amide bonds. The van der Waals surface area contributed by atoms with Gasteiger partial charge in [-0.2, -0.15) is 9.71 Å². The van der Waals surface area contributed by atoms with Crippen LogP contribution in [0.3, 0.4) is 0 Å². The van der Waals surface area contributed by atoms with E-state index in [0.29, 0.717) is 10.7 Å². The van der Waals surface area contributed by atoms with Crippen LogP contribution in [-0.2, 0) is 21.0 Å². The maximum Gasteiger partial charge on any atom is 0.345 e. The average molecular weight is 387 g/mol. The Morgan fingerprint density at radius 2 is 1.88 bits per heavy atom. The molecule has 0 aliphatic heterocycles. The van der Waals surface area contributed by atoms with Crippen molar-refractivity contribution < 1.29 is 22.8 Å². The van der Waals surface area contributed by atoms with Gasteiger partial charge in [0.05, 0.1) is 4.90 Å². The molecular formula is C15H21N3O5S2. The third-order valence-electron chi connectivity index (χ3n) is 3.33. The van der Waals surface area contributed by atoms with Crippen LogP contribution in [0.15, 0.2) is 15.5 Å². The molecular weight excluding hydrogens is 366 g/mol. The van der Waals surface area contributed by atoms with E-state index in [1.54, 1.807) is 20.8 Å². The van der Waals surface area contributed by atoms with Crippen LogP contribution in [0, 0.1) is 6.92 Å². The number of carboxylic acid groups (broad SMARTS) is 1. The Bertz CT molecular complexity index is 904. The van der Waals surface area contributed by atoms with Crippen LogP contribution in [0.25, 0.3) is 0 Å². The van der Waals surface area contributed by atoms with E-state index in [9.17, 15) is 18.3 Å². The molecule has 0 aliphatic carbocycles. The number of hydrogen-bond acceptors (Lipinski definition) is 7. The van der Waals surface area contributed by atoms with Crippen LogP contribution >= 0.6 is 11.3 Å². The van der Waals surface area contributed by atoms with Gasteiger partial charge in [0.25, 0.3) is 0 Å². The first-order valence-corrected chi connectivity index (χ1v) is 9.76. The molecule has 0 saturated heterocycles. The minimum atomic E-state index is -4.01. The molecule has 0 saturated carbocycles. The second-order valence-electron chi connectivity index (χ2n) is 7.24. The van der Waals surface area contributed by atoms with Crippen molar-refractivity contribution in [2.24, 2.45) is 0 Å².